The van der Waals surface area contributed by atoms with E-state index in [9.17, 15) is 0 Å². The van der Waals surface area contributed by atoms with Crippen LogP contribution in [0.4, 0.5) is 5.69 Å². The minimum Gasteiger partial charge on any atom is -0.489 e. The lowest BCUT2D eigenvalue weighted by Crippen LogP contribution is -2.24. The summed E-state index contributed by atoms with van der Waals surface area (Å²) in [7, 11) is 0. The number of hydrogen-bond acceptors (Lipinski definition) is 2. The highest BCUT2D eigenvalue weighted by atomic mass is 16.5. The molecule has 130 valence electrons. The zero-order valence-electron chi connectivity index (χ0n) is 15.9. The molecule has 0 aliphatic carbocycles. The smallest absolute Gasteiger partial charge is 0.123 e. The second kappa shape index (κ2) is 8.23. The summed E-state index contributed by atoms with van der Waals surface area (Å²) in [5.74, 6) is 1.53. The van der Waals surface area contributed by atoms with E-state index in [1.54, 1.807) is 0 Å². The largest absolute Gasteiger partial charge is 0.489 e. The molecule has 1 N–H and O–H groups in total. The Labute approximate surface area is 147 Å². The van der Waals surface area contributed by atoms with Gasteiger partial charge in [0, 0.05) is 5.69 Å². The van der Waals surface area contributed by atoms with Crippen LogP contribution in [0.25, 0.3) is 0 Å². The number of nitrogens with one attached hydrogen (secondary N) is 1. The molecule has 0 radical (unpaired) electrons. The molecule has 24 heavy (non-hydrogen) atoms. The van der Waals surface area contributed by atoms with Crippen LogP contribution in [-0.4, -0.2) is 12.6 Å². The third-order valence-electron chi connectivity index (χ3n) is 4.63. The molecule has 2 heteroatoms. The second-order valence-electron chi connectivity index (χ2n) is 6.93. The number of hydrogen-bond donors (Lipinski definition) is 1. The number of ether oxygens (including phenoxy) is 1. The Morgan fingerprint density at radius 1 is 1.00 bits per heavy atom. The molecule has 0 aliphatic rings. The number of rotatable bonds is 7. The van der Waals surface area contributed by atoms with E-state index in [0.717, 1.165) is 18.7 Å². The van der Waals surface area contributed by atoms with Crippen LogP contribution >= 0.6 is 0 Å². The van der Waals surface area contributed by atoms with Crippen LogP contribution in [-0.2, 0) is 0 Å². The van der Waals surface area contributed by atoms with Gasteiger partial charge in [-0.25, -0.2) is 0 Å². The zero-order chi connectivity index (χ0) is 17.7. The van der Waals surface area contributed by atoms with Crippen LogP contribution in [0.15, 0.2) is 36.4 Å². The Morgan fingerprint density at radius 3 is 2.25 bits per heavy atom. The van der Waals surface area contributed by atoms with Crippen LogP contribution in [0.3, 0.4) is 0 Å². The van der Waals surface area contributed by atoms with Crippen molar-refractivity contribution in [2.24, 2.45) is 0 Å². The van der Waals surface area contributed by atoms with Crippen molar-refractivity contribution in [2.75, 3.05) is 11.9 Å². The minimum absolute atomic E-state index is 0.107. The summed E-state index contributed by atoms with van der Waals surface area (Å²) in [4.78, 5) is 0. The van der Waals surface area contributed by atoms with Gasteiger partial charge < -0.3 is 10.1 Å². The van der Waals surface area contributed by atoms with Crippen LogP contribution < -0.4 is 10.1 Å². The molecule has 2 aromatic rings. The number of aryl methyl sites for hydroxylation is 3. The Hall–Kier alpha value is -1.96. The lowest BCUT2D eigenvalue weighted by atomic mass is 9.98. The van der Waals surface area contributed by atoms with Crippen LogP contribution in [0.2, 0.25) is 0 Å². The van der Waals surface area contributed by atoms with Crippen LogP contribution in [0.1, 0.15) is 55.4 Å². The van der Waals surface area contributed by atoms with Gasteiger partial charge in [0.2, 0.25) is 0 Å². The topological polar surface area (TPSA) is 21.3 Å². The first-order chi connectivity index (χ1) is 11.4. The molecule has 0 unspecified atom stereocenters. The van der Waals surface area contributed by atoms with Gasteiger partial charge in [-0.3, -0.25) is 0 Å². The van der Waals surface area contributed by atoms with E-state index in [2.05, 4.69) is 83.3 Å². The molecule has 2 aromatic carbocycles. The molecule has 0 spiro atoms. The van der Waals surface area contributed by atoms with Crippen molar-refractivity contribution >= 4 is 5.69 Å². The molecule has 0 heterocycles. The van der Waals surface area contributed by atoms with Gasteiger partial charge in [-0.05, 0) is 62.8 Å². The van der Waals surface area contributed by atoms with Crippen molar-refractivity contribution in [3.8, 4) is 5.75 Å². The summed E-state index contributed by atoms with van der Waals surface area (Å²) in [5, 5.41) is 3.57. The highest BCUT2D eigenvalue weighted by Crippen LogP contribution is 2.29. The molecular weight excluding hydrogens is 294 g/mol. The second-order valence-corrected chi connectivity index (χ2v) is 6.93. The lowest BCUT2D eigenvalue weighted by Gasteiger charge is -2.22. The fourth-order valence-corrected chi connectivity index (χ4v) is 3.18. The molecule has 0 fully saturated rings. The van der Waals surface area contributed by atoms with E-state index in [1.807, 2.05) is 0 Å². The van der Waals surface area contributed by atoms with E-state index >= 15 is 0 Å². The van der Waals surface area contributed by atoms with Gasteiger partial charge >= 0.3 is 0 Å². The normalized spacial score (nSPS) is 13.4. The SMILES string of the molecule is CC[C@H](C)c1ccccc1O[C@H](C)CNc1c(C)cc(C)cc1C. The van der Waals surface area contributed by atoms with Crippen molar-refractivity contribution in [1.29, 1.82) is 0 Å². The summed E-state index contributed by atoms with van der Waals surface area (Å²) in [5.41, 5.74) is 6.42. The van der Waals surface area contributed by atoms with Gasteiger partial charge in [-0.2, -0.15) is 0 Å². The lowest BCUT2D eigenvalue weighted by molar-refractivity contribution is 0.231. The van der Waals surface area contributed by atoms with Crippen molar-refractivity contribution in [2.45, 2.75) is 60.0 Å². The maximum absolute atomic E-state index is 6.23. The Morgan fingerprint density at radius 2 is 1.62 bits per heavy atom. The highest BCUT2D eigenvalue weighted by Gasteiger charge is 2.13. The molecule has 0 amide bonds. The maximum atomic E-state index is 6.23. The van der Waals surface area contributed by atoms with Gasteiger partial charge in [0.15, 0.2) is 0 Å². The van der Waals surface area contributed by atoms with E-state index in [4.69, 9.17) is 4.74 Å². The molecule has 0 saturated heterocycles. The first-order valence-corrected chi connectivity index (χ1v) is 8.99. The Balaban J connectivity index is 2.04. The fourth-order valence-electron chi connectivity index (χ4n) is 3.18. The molecule has 2 atom stereocenters. The molecule has 2 nitrogen and oxygen atoms in total. The first-order valence-electron chi connectivity index (χ1n) is 8.99. The van der Waals surface area contributed by atoms with Gasteiger partial charge in [-0.1, -0.05) is 49.7 Å². The van der Waals surface area contributed by atoms with Crippen molar-refractivity contribution in [1.82, 2.24) is 0 Å². The average molecular weight is 325 g/mol. The standard InChI is InChI=1S/C22H31NO/c1-7-16(3)20-10-8-9-11-21(20)24-19(6)14-23-22-17(4)12-15(2)13-18(22)5/h8-13,16,19,23H,7,14H2,1-6H3/t16-,19+/m0/s1. The highest BCUT2D eigenvalue weighted by molar-refractivity contribution is 5.58. The van der Waals surface area contributed by atoms with Gasteiger partial charge in [-0.15, -0.1) is 0 Å². The minimum atomic E-state index is 0.107. The van der Waals surface area contributed by atoms with Gasteiger partial charge in [0.1, 0.15) is 11.9 Å². The third kappa shape index (κ3) is 4.53. The summed E-state index contributed by atoms with van der Waals surface area (Å²) < 4.78 is 6.23. The number of benzene rings is 2. The molecule has 0 aromatic heterocycles. The quantitative estimate of drug-likeness (QED) is 0.673. The Kier molecular flexibility index (Phi) is 6.30. The maximum Gasteiger partial charge on any atom is 0.123 e. The van der Waals surface area contributed by atoms with Crippen molar-refractivity contribution < 1.29 is 4.74 Å². The monoisotopic (exact) mass is 325 g/mol. The fraction of sp³-hybridized carbons (Fsp3) is 0.455. The van der Waals surface area contributed by atoms with E-state index in [1.165, 1.54) is 27.9 Å². The van der Waals surface area contributed by atoms with E-state index in [-0.39, 0.29) is 6.10 Å². The molecular formula is C22H31NO. The van der Waals surface area contributed by atoms with Crippen LogP contribution in [0.5, 0.6) is 5.75 Å². The van der Waals surface area contributed by atoms with E-state index < -0.39 is 0 Å². The molecule has 2 rings (SSSR count). The Bertz CT molecular complexity index is 654. The third-order valence-corrected chi connectivity index (χ3v) is 4.63. The van der Waals surface area contributed by atoms with Crippen LogP contribution in [0, 0.1) is 20.8 Å². The predicted molar refractivity (Wildman–Crippen MR) is 104 cm³/mol. The number of para-hydroxylation sites is 1. The van der Waals surface area contributed by atoms with E-state index in [0.29, 0.717) is 5.92 Å². The molecule has 0 saturated carbocycles. The summed E-state index contributed by atoms with van der Waals surface area (Å²) in [6, 6.07) is 12.8. The predicted octanol–water partition coefficient (Wildman–Crippen LogP) is 6.00. The summed E-state index contributed by atoms with van der Waals surface area (Å²) in [6.45, 7) is 13.8. The number of anilines is 1. The van der Waals surface area contributed by atoms with Gasteiger partial charge in [0.25, 0.3) is 0 Å². The zero-order valence-corrected chi connectivity index (χ0v) is 15.9. The first kappa shape index (κ1) is 18.4. The van der Waals surface area contributed by atoms with Crippen molar-refractivity contribution in [3.05, 3.63) is 58.7 Å². The average Bonchev–Trinajstić information content (AvgIpc) is 2.53. The van der Waals surface area contributed by atoms with Crippen molar-refractivity contribution in [3.63, 3.8) is 0 Å². The summed E-state index contributed by atoms with van der Waals surface area (Å²) >= 11 is 0. The summed E-state index contributed by atoms with van der Waals surface area (Å²) in [6.07, 6.45) is 1.23. The molecule has 0 bridgehead atoms. The molecule has 0 aliphatic heterocycles. The van der Waals surface area contributed by atoms with Gasteiger partial charge in [0.05, 0.1) is 6.54 Å².